The van der Waals surface area contributed by atoms with Crippen molar-refractivity contribution in [3.63, 3.8) is 0 Å². The molecule has 25 heavy (non-hydrogen) atoms. The second-order valence-corrected chi connectivity index (χ2v) is 8.43. The smallest absolute Gasteiger partial charge is 0.270 e. The Labute approximate surface area is 146 Å². The van der Waals surface area contributed by atoms with Crippen LogP contribution in [0.15, 0.2) is 36.7 Å². The van der Waals surface area contributed by atoms with Crippen LogP contribution in [0.2, 0.25) is 0 Å². The number of nitrogens with one attached hydrogen (secondary N) is 2. The molecule has 0 saturated carbocycles. The minimum absolute atomic E-state index is 0.0892. The van der Waals surface area contributed by atoms with E-state index in [2.05, 4.69) is 20.6 Å². The summed E-state index contributed by atoms with van der Waals surface area (Å²) in [5, 5.41) is 5.88. The SMILES string of the molecule is Cc1ccc(CNC(=O)c2cc(NC3CCS(=O)(=O)C3)ncn2)cc1. The van der Waals surface area contributed by atoms with Crippen molar-refractivity contribution in [3.05, 3.63) is 53.5 Å². The van der Waals surface area contributed by atoms with Gasteiger partial charge in [-0.25, -0.2) is 18.4 Å². The van der Waals surface area contributed by atoms with E-state index in [1.165, 1.54) is 12.4 Å². The number of benzene rings is 1. The largest absolute Gasteiger partial charge is 0.366 e. The van der Waals surface area contributed by atoms with Crippen molar-refractivity contribution >= 4 is 21.6 Å². The van der Waals surface area contributed by atoms with E-state index in [0.29, 0.717) is 18.8 Å². The number of rotatable bonds is 5. The zero-order valence-electron chi connectivity index (χ0n) is 13.9. The first-order valence-corrected chi connectivity index (χ1v) is 9.86. The average molecular weight is 360 g/mol. The Morgan fingerprint density at radius 3 is 2.68 bits per heavy atom. The fourth-order valence-electron chi connectivity index (χ4n) is 2.66. The van der Waals surface area contributed by atoms with Crippen LogP contribution in [0.5, 0.6) is 0 Å². The standard InChI is InChI=1S/C17H20N4O3S/c1-12-2-4-13(5-3-12)9-18-17(22)15-8-16(20-11-19-15)21-14-6-7-25(23,24)10-14/h2-5,8,11,14H,6-7,9-10H2,1H3,(H,18,22)(H,19,20,21). The van der Waals surface area contributed by atoms with Gasteiger partial charge in [-0.15, -0.1) is 0 Å². The maximum absolute atomic E-state index is 12.3. The van der Waals surface area contributed by atoms with Crippen LogP contribution in [0, 0.1) is 6.92 Å². The Morgan fingerprint density at radius 2 is 2.00 bits per heavy atom. The normalized spacial score (nSPS) is 18.7. The topological polar surface area (TPSA) is 101 Å². The number of sulfone groups is 1. The van der Waals surface area contributed by atoms with Crippen molar-refractivity contribution in [2.45, 2.75) is 25.9 Å². The molecule has 2 N–H and O–H groups in total. The van der Waals surface area contributed by atoms with Crippen LogP contribution in [0.3, 0.4) is 0 Å². The highest BCUT2D eigenvalue weighted by Crippen LogP contribution is 2.16. The number of hydrogen-bond donors (Lipinski definition) is 2. The Kier molecular flexibility index (Phi) is 4.98. The summed E-state index contributed by atoms with van der Waals surface area (Å²) >= 11 is 0. The first kappa shape index (κ1) is 17.3. The van der Waals surface area contributed by atoms with Gasteiger partial charge in [-0.2, -0.15) is 0 Å². The molecule has 0 bridgehead atoms. The Balaban J connectivity index is 1.60. The summed E-state index contributed by atoms with van der Waals surface area (Å²) in [6.45, 7) is 2.42. The van der Waals surface area contributed by atoms with Gasteiger partial charge in [0.05, 0.1) is 11.5 Å². The lowest BCUT2D eigenvalue weighted by Gasteiger charge is -2.12. The van der Waals surface area contributed by atoms with Gasteiger partial charge in [-0.3, -0.25) is 4.79 Å². The maximum atomic E-state index is 12.3. The predicted octanol–water partition coefficient (Wildman–Crippen LogP) is 1.31. The lowest BCUT2D eigenvalue weighted by atomic mass is 10.1. The minimum atomic E-state index is -2.97. The Bertz CT molecular complexity index is 866. The minimum Gasteiger partial charge on any atom is -0.366 e. The zero-order valence-corrected chi connectivity index (χ0v) is 14.7. The van der Waals surface area contributed by atoms with Crippen LogP contribution in [0.25, 0.3) is 0 Å². The first-order chi connectivity index (χ1) is 11.9. The van der Waals surface area contributed by atoms with Crippen LogP contribution in [0.1, 0.15) is 28.0 Å². The van der Waals surface area contributed by atoms with Crippen LogP contribution >= 0.6 is 0 Å². The van der Waals surface area contributed by atoms with E-state index in [0.717, 1.165) is 11.1 Å². The number of amides is 1. The molecule has 1 aliphatic heterocycles. The number of aromatic nitrogens is 2. The zero-order chi connectivity index (χ0) is 17.9. The van der Waals surface area contributed by atoms with Crippen LogP contribution in [-0.2, 0) is 16.4 Å². The third-order valence-corrected chi connectivity index (χ3v) is 5.83. The molecular formula is C17H20N4O3S. The number of anilines is 1. The summed E-state index contributed by atoms with van der Waals surface area (Å²) in [4.78, 5) is 20.3. The van der Waals surface area contributed by atoms with Crippen molar-refractivity contribution in [1.82, 2.24) is 15.3 Å². The van der Waals surface area contributed by atoms with E-state index < -0.39 is 9.84 Å². The molecule has 1 aromatic carbocycles. The fourth-order valence-corrected chi connectivity index (χ4v) is 4.33. The van der Waals surface area contributed by atoms with Gasteiger partial charge in [0.25, 0.3) is 5.91 Å². The van der Waals surface area contributed by atoms with Gasteiger partial charge >= 0.3 is 0 Å². The van der Waals surface area contributed by atoms with Crippen LogP contribution in [-0.4, -0.2) is 41.8 Å². The van der Waals surface area contributed by atoms with Gasteiger partial charge in [0.2, 0.25) is 0 Å². The summed E-state index contributed by atoms with van der Waals surface area (Å²) in [6.07, 6.45) is 1.84. The molecule has 0 radical (unpaired) electrons. The molecule has 3 rings (SSSR count). The molecule has 0 aliphatic carbocycles. The van der Waals surface area contributed by atoms with Crippen LogP contribution < -0.4 is 10.6 Å². The van der Waals surface area contributed by atoms with E-state index >= 15 is 0 Å². The van der Waals surface area contributed by atoms with Gasteiger partial charge in [0.1, 0.15) is 17.8 Å². The summed E-state index contributed by atoms with van der Waals surface area (Å²) in [5.74, 6) is 0.425. The number of carbonyl (C=O) groups is 1. The highest BCUT2D eigenvalue weighted by atomic mass is 32.2. The highest BCUT2D eigenvalue weighted by Gasteiger charge is 2.28. The van der Waals surface area contributed by atoms with Gasteiger partial charge in [-0.05, 0) is 18.9 Å². The third-order valence-electron chi connectivity index (χ3n) is 4.06. The summed E-state index contributed by atoms with van der Waals surface area (Å²) in [7, 11) is -2.97. The molecule has 1 aliphatic rings. The van der Waals surface area contributed by atoms with Gasteiger partial charge in [0.15, 0.2) is 9.84 Å². The molecule has 132 valence electrons. The summed E-state index contributed by atoms with van der Waals surface area (Å²) < 4.78 is 23.0. The van der Waals surface area contributed by atoms with Gasteiger partial charge in [-0.1, -0.05) is 29.8 Å². The molecule has 2 aromatic rings. The Hall–Kier alpha value is -2.48. The van der Waals surface area contributed by atoms with Crippen molar-refractivity contribution in [2.24, 2.45) is 0 Å². The molecule has 1 saturated heterocycles. The second-order valence-electron chi connectivity index (χ2n) is 6.20. The fraction of sp³-hybridized carbons (Fsp3) is 0.353. The maximum Gasteiger partial charge on any atom is 0.270 e. The lowest BCUT2D eigenvalue weighted by Crippen LogP contribution is -2.25. The van der Waals surface area contributed by atoms with Gasteiger partial charge < -0.3 is 10.6 Å². The van der Waals surface area contributed by atoms with Crippen molar-refractivity contribution in [2.75, 3.05) is 16.8 Å². The van der Waals surface area contributed by atoms with E-state index in [4.69, 9.17) is 0 Å². The number of carbonyl (C=O) groups excluding carboxylic acids is 1. The molecular weight excluding hydrogens is 340 g/mol. The number of hydrogen-bond acceptors (Lipinski definition) is 6. The quantitative estimate of drug-likeness (QED) is 0.834. The van der Waals surface area contributed by atoms with E-state index in [1.54, 1.807) is 0 Å². The predicted molar refractivity (Wildman–Crippen MR) is 95.1 cm³/mol. The highest BCUT2D eigenvalue weighted by molar-refractivity contribution is 7.91. The molecule has 7 nitrogen and oxygen atoms in total. The summed E-state index contributed by atoms with van der Waals surface area (Å²) in [6, 6.07) is 9.26. The molecule has 0 spiro atoms. The molecule has 8 heteroatoms. The average Bonchev–Trinajstić information content (AvgIpc) is 2.93. The molecule has 1 fully saturated rings. The van der Waals surface area contributed by atoms with Crippen molar-refractivity contribution in [1.29, 1.82) is 0 Å². The molecule has 1 atom stereocenters. The summed E-state index contributed by atoms with van der Waals surface area (Å²) in [5.41, 5.74) is 2.41. The van der Waals surface area contributed by atoms with E-state index in [-0.39, 0.29) is 29.1 Å². The Morgan fingerprint density at radius 1 is 1.24 bits per heavy atom. The van der Waals surface area contributed by atoms with Crippen LogP contribution in [0.4, 0.5) is 5.82 Å². The van der Waals surface area contributed by atoms with E-state index in [1.807, 2.05) is 31.2 Å². The number of aryl methyl sites for hydroxylation is 1. The van der Waals surface area contributed by atoms with Crippen molar-refractivity contribution < 1.29 is 13.2 Å². The van der Waals surface area contributed by atoms with E-state index in [9.17, 15) is 13.2 Å². The third kappa shape index (κ3) is 4.76. The first-order valence-electron chi connectivity index (χ1n) is 8.04. The van der Waals surface area contributed by atoms with Crippen molar-refractivity contribution in [3.8, 4) is 0 Å². The molecule has 1 amide bonds. The molecule has 2 heterocycles. The number of nitrogens with zero attached hydrogens (tertiary/aromatic N) is 2. The second kappa shape index (κ2) is 7.18. The lowest BCUT2D eigenvalue weighted by molar-refractivity contribution is 0.0945. The molecule has 1 aromatic heterocycles. The van der Waals surface area contributed by atoms with Gasteiger partial charge in [0, 0.05) is 18.7 Å². The molecule has 1 unspecified atom stereocenters. The monoisotopic (exact) mass is 360 g/mol.